The molecule has 1 unspecified atom stereocenters. The highest BCUT2D eigenvalue weighted by Crippen LogP contribution is 2.03. The van der Waals surface area contributed by atoms with E-state index in [1.54, 1.807) is 13.8 Å². The number of hydrogen-bond acceptors (Lipinski definition) is 2. The molecule has 54 valence electrons. The summed E-state index contributed by atoms with van der Waals surface area (Å²) in [5.41, 5.74) is 4.93. The Morgan fingerprint density at radius 2 is 2.11 bits per heavy atom. The topological polar surface area (TPSA) is 63.3 Å². The van der Waals surface area contributed by atoms with E-state index in [0.717, 1.165) is 0 Å². The maximum atomic E-state index is 10.3. The quantitative estimate of drug-likeness (QED) is 0.560. The van der Waals surface area contributed by atoms with Gasteiger partial charge in [-0.05, 0) is 13.3 Å². The predicted octanol–water partition coefficient (Wildman–Crippen LogP) is -0.121. The molecule has 3 nitrogen and oxygen atoms in total. The molecule has 3 N–H and O–H groups in total. The summed E-state index contributed by atoms with van der Waals surface area (Å²) in [6, 6.07) is 0. The smallest absolute Gasteiger partial charge is 0.220 e. The normalized spacial score (nSPS) is 16.8. The third kappa shape index (κ3) is 3.97. The van der Waals surface area contributed by atoms with E-state index < -0.39 is 6.10 Å². The van der Waals surface area contributed by atoms with Crippen molar-refractivity contribution in [2.75, 3.05) is 0 Å². The first-order chi connectivity index (χ1) is 4.04. The molecule has 0 aliphatic rings. The summed E-state index contributed by atoms with van der Waals surface area (Å²) in [6.07, 6.45) is 0.0162. The molecule has 0 rings (SSSR count). The van der Waals surface area contributed by atoms with Crippen LogP contribution in [0.5, 0.6) is 0 Å². The Labute approximate surface area is 54.9 Å². The Morgan fingerprint density at radius 1 is 1.67 bits per heavy atom. The predicted molar refractivity (Wildman–Crippen MR) is 34.7 cm³/mol. The van der Waals surface area contributed by atoms with Gasteiger partial charge in [-0.3, -0.25) is 4.79 Å². The molecule has 0 saturated carbocycles. The van der Waals surface area contributed by atoms with E-state index in [0.29, 0.717) is 6.42 Å². The lowest BCUT2D eigenvalue weighted by molar-refractivity contribution is -0.122. The molecular weight excluding hydrogens is 118 g/mol. The first-order valence-electron chi connectivity index (χ1n) is 3.01. The zero-order chi connectivity index (χ0) is 7.44. The molecule has 0 aromatic heterocycles. The van der Waals surface area contributed by atoms with Crippen molar-refractivity contribution in [3.63, 3.8) is 0 Å². The van der Waals surface area contributed by atoms with Gasteiger partial charge in [0.15, 0.2) is 0 Å². The number of aliphatic hydroxyl groups is 1. The van der Waals surface area contributed by atoms with Gasteiger partial charge < -0.3 is 10.8 Å². The number of carbonyl (C=O) groups excluding carboxylic acids is 1. The summed E-state index contributed by atoms with van der Waals surface area (Å²) in [5.74, 6) is -0.569. The number of rotatable bonds is 3. The van der Waals surface area contributed by atoms with Gasteiger partial charge in [0, 0.05) is 5.92 Å². The molecule has 0 heterocycles. The Hall–Kier alpha value is -0.570. The third-order valence-electron chi connectivity index (χ3n) is 1.18. The largest absolute Gasteiger partial charge is 0.393 e. The highest BCUT2D eigenvalue weighted by atomic mass is 16.3. The molecule has 1 amide bonds. The Kier molecular flexibility index (Phi) is 3.24. The zero-order valence-electron chi connectivity index (χ0n) is 5.79. The minimum absolute atomic E-state index is 0.218. The molecule has 0 aliphatic heterocycles. The summed E-state index contributed by atoms with van der Waals surface area (Å²) in [7, 11) is 0. The van der Waals surface area contributed by atoms with Crippen LogP contribution in [0.4, 0.5) is 0 Å². The van der Waals surface area contributed by atoms with Gasteiger partial charge in [-0.1, -0.05) is 6.92 Å². The average Bonchev–Trinajstić information content (AvgIpc) is 1.63. The van der Waals surface area contributed by atoms with Crippen LogP contribution in [-0.4, -0.2) is 17.1 Å². The van der Waals surface area contributed by atoms with Crippen molar-refractivity contribution in [1.29, 1.82) is 0 Å². The van der Waals surface area contributed by atoms with E-state index in [9.17, 15) is 4.79 Å². The summed E-state index contributed by atoms with van der Waals surface area (Å²) in [5, 5.41) is 8.76. The Bertz CT molecular complexity index is 101. The molecule has 0 aromatic rings. The number of amides is 1. The van der Waals surface area contributed by atoms with Crippen LogP contribution < -0.4 is 5.73 Å². The van der Waals surface area contributed by atoms with Crippen LogP contribution in [-0.2, 0) is 4.79 Å². The van der Waals surface area contributed by atoms with Gasteiger partial charge >= 0.3 is 0 Å². The Balaban J connectivity index is 3.50. The highest BCUT2D eigenvalue weighted by molar-refractivity contribution is 5.76. The van der Waals surface area contributed by atoms with Gasteiger partial charge in [0.05, 0.1) is 6.10 Å². The van der Waals surface area contributed by atoms with Gasteiger partial charge in [0.1, 0.15) is 0 Å². The standard InChI is InChI=1S/C6H13NO2/c1-4(6(7)9)3-5(2)8/h4-5,8H,3H2,1-2H3,(H2,7,9)/t4-,5?/m1/s1. The lowest BCUT2D eigenvalue weighted by Gasteiger charge is -2.07. The third-order valence-corrected chi connectivity index (χ3v) is 1.18. The van der Waals surface area contributed by atoms with E-state index in [4.69, 9.17) is 10.8 Å². The number of primary amides is 1. The fourth-order valence-electron chi connectivity index (χ4n) is 0.628. The van der Waals surface area contributed by atoms with Crippen LogP contribution in [0, 0.1) is 5.92 Å². The summed E-state index contributed by atoms with van der Waals surface area (Å²) >= 11 is 0. The fourth-order valence-corrected chi connectivity index (χ4v) is 0.628. The van der Waals surface area contributed by atoms with E-state index >= 15 is 0 Å². The number of nitrogens with two attached hydrogens (primary N) is 1. The highest BCUT2D eigenvalue weighted by Gasteiger charge is 2.10. The van der Waals surface area contributed by atoms with Crippen LogP contribution in [0.1, 0.15) is 20.3 Å². The molecule has 0 fully saturated rings. The molecular formula is C6H13NO2. The van der Waals surface area contributed by atoms with Crippen LogP contribution in [0.15, 0.2) is 0 Å². The first kappa shape index (κ1) is 8.43. The van der Waals surface area contributed by atoms with Crippen molar-refractivity contribution >= 4 is 5.91 Å². The number of hydrogen-bond donors (Lipinski definition) is 2. The number of carbonyl (C=O) groups is 1. The van der Waals surface area contributed by atoms with Gasteiger partial charge in [-0.2, -0.15) is 0 Å². The molecule has 0 spiro atoms. The Morgan fingerprint density at radius 3 is 2.22 bits per heavy atom. The van der Waals surface area contributed by atoms with Crippen molar-refractivity contribution in [3.8, 4) is 0 Å². The van der Waals surface area contributed by atoms with Crippen LogP contribution in [0.3, 0.4) is 0 Å². The van der Waals surface area contributed by atoms with Gasteiger partial charge in [-0.15, -0.1) is 0 Å². The maximum Gasteiger partial charge on any atom is 0.220 e. The second kappa shape index (κ2) is 3.45. The second-order valence-electron chi connectivity index (χ2n) is 2.39. The monoisotopic (exact) mass is 131 g/mol. The zero-order valence-corrected chi connectivity index (χ0v) is 5.79. The summed E-state index contributed by atoms with van der Waals surface area (Å²) in [4.78, 5) is 10.3. The fraction of sp³-hybridized carbons (Fsp3) is 0.833. The van der Waals surface area contributed by atoms with Gasteiger partial charge in [0.2, 0.25) is 5.91 Å². The minimum atomic E-state index is -0.438. The van der Waals surface area contributed by atoms with Crippen molar-refractivity contribution in [2.24, 2.45) is 11.7 Å². The van der Waals surface area contributed by atoms with Crippen molar-refractivity contribution in [2.45, 2.75) is 26.4 Å². The first-order valence-corrected chi connectivity index (χ1v) is 3.01. The van der Waals surface area contributed by atoms with Crippen LogP contribution in [0.2, 0.25) is 0 Å². The molecule has 0 aromatic carbocycles. The van der Waals surface area contributed by atoms with E-state index in [2.05, 4.69) is 0 Å². The average molecular weight is 131 g/mol. The van der Waals surface area contributed by atoms with Crippen molar-refractivity contribution < 1.29 is 9.90 Å². The minimum Gasteiger partial charge on any atom is -0.393 e. The molecule has 2 atom stereocenters. The number of aliphatic hydroxyl groups excluding tert-OH is 1. The van der Waals surface area contributed by atoms with Crippen LogP contribution in [0.25, 0.3) is 0 Å². The molecule has 0 bridgehead atoms. The molecule has 0 saturated heterocycles. The molecule has 9 heavy (non-hydrogen) atoms. The SMILES string of the molecule is CC(O)C[C@@H](C)C(N)=O. The van der Waals surface area contributed by atoms with E-state index in [-0.39, 0.29) is 11.8 Å². The van der Waals surface area contributed by atoms with Crippen molar-refractivity contribution in [3.05, 3.63) is 0 Å². The maximum absolute atomic E-state index is 10.3. The molecule has 0 radical (unpaired) electrons. The van der Waals surface area contributed by atoms with E-state index in [1.165, 1.54) is 0 Å². The summed E-state index contributed by atoms with van der Waals surface area (Å²) in [6.45, 7) is 3.34. The molecule has 0 aliphatic carbocycles. The van der Waals surface area contributed by atoms with Crippen molar-refractivity contribution in [1.82, 2.24) is 0 Å². The second-order valence-corrected chi connectivity index (χ2v) is 2.39. The summed E-state index contributed by atoms with van der Waals surface area (Å²) < 4.78 is 0. The van der Waals surface area contributed by atoms with Gasteiger partial charge in [0.25, 0.3) is 0 Å². The lowest BCUT2D eigenvalue weighted by atomic mass is 10.0. The molecule has 3 heteroatoms. The van der Waals surface area contributed by atoms with Crippen LogP contribution >= 0.6 is 0 Å². The van der Waals surface area contributed by atoms with Gasteiger partial charge in [-0.25, -0.2) is 0 Å². The van der Waals surface area contributed by atoms with E-state index in [1.807, 2.05) is 0 Å². The lowest BCUT2D eigenvalue weighted by Crippen LogP contribution is -2.23.